The van der Waals surface area contributed by atoms with Gasteiger partial charge in [-0.3, -0.25) is 4.79 Å². The summed E-state index contributed by atoms with van der Waals surface area (Å²) < 4.78 is 5.69. The minimum absolute atomic E-state index is 0.172. The Morgan fingerprint density at radius 2 is 1.84 bits per heavy atom. The van der Waals surface area contributed by atoms with E-state index in [9.17, 15) is 4.79 Å². The number of carbonyl (C=O) groups excluding carboxylic acids is 1. The van der Waals surface area contributed by atoms with Crippen molar-refractivity contribution < 1.29 is 9.53 Å². The molecule has 19 heavy (non-hydrogen) atoms. The predicted molar refractivity (Wildman–Crippen MR) is 75.5 cm³/mol. The van der Waals surface area contributed by atoms with E-state index in [1.807, 2.05) is 31.2 Å². The molecule has 2 rings (SSSR count). The zero-order chi connectivity index (χ0) is 13.8. The van der Waals surface area contributed by atoms with E-state index in [0.717, 1.165) is 5.56 Å². The Labute approximate surface area is 112 Å². The SMILES string of the molecule is CNC(=O)c1ccc(N)c(Oc2ccc(C)cc2)c1. The summed E-state index contributed by atoms with van der Waals surface area (Å²) in [6, 6.07) is 12.6. The summed E-state index contributed by atoms with van der Waals surface area (Å²) in [6.07, 6.45) is 0. The molecule has 0 atom stereocenters. The van der Waals surface area contributed by atoms with Crippen LogP contribution in [0.5, 0.6) is 11.5 Å². The monoisotopic (exact) mass is 256 g/mol. The summed E-state index contributed by atoms with van der Waals surface area (Å²) in [7, 11) is 1.58. The van der Waals surface area contributed by atoms with Gasteiger partial charge in [-0.1, -0.05) is 17.7 Å². The van der Waals surface area contributed by atoms with Gasteiger partial charge in [0.2, 0.25) is 0 Å². The molecular weight excluding hydrogens is 240 g/mol. The second kappa shape index (κ2) is 5.44. The summed E-state index contributed by atoms with van der Waals surface area (Å²) in [4.78, 5) is 11.6. The molecule has 4 heteroatoms. The Bertz CT molecular complexity index is 592. The van der Waals surface area contributed by atoms with Gasteiger partial charge >= 0.3 is 0 Å². The lowest BCUT2D eigenvalue weighted by molar-refractivity contribution is 0.0963. The first kappa shape index (κ1) is 13.0. The zero-order valence-corrected chi connectivity index (χ0v) is 10.9. The van der Waals surface area contributed by atoms with Gasteiger partial charge in [-0.05, 0) is 37.3 Å². The van der Waals surface area contributed by atoms with Gasteiger partial charge in [-0.25, -0.2) is 0 Å². The maximum absolute atomic E-state index is 11.6. The Balaban J connectivity index is 2.28. The average molecular weight is 256 g/mol. The summed E-state index contributed by atoms with van der Waals surface area (Å²) in [5.41, 5.74) is 8.01. The third kappa shape index (κ3) is 3.04. The highest BCUT2D eigenvalue weighted by molar-refractivity contribution is 5.95. The maximum atomic E-state index is 11.6. The molecule has 2 aromatic rings. The molecule has 0 aliphatic carbocycles. The Kier molecular flexibility index (Phi) is 3.71. The number of amides is 1. The summed E-state index contributed by atoms with van der Waals surface area (Å²) >= 11 is 0. The van der Waals surface area contributed by atoms with Crippen LogP contribution in [0.2, 0.25) is 0 Å². The van der Waals surface area contributed by atoms with E-state index >= 15 is 0 Å². The molecular formula is C15H16N2O2. The van der Waals surface area contributed by atoms with E-state index in [1.54, 1.807) is 25.2 Å². The van der Waals surface area contributed by atoms with Gasteiger partial charge in [0.1, 0.15) is 5.75 Å². The quantitative estimate of drug-likeness (QED) is 0.830. The lowest BCUT2D eigenvalue weighted by Crippen LogP contribution is -2.17. The summed E-state index contributed by atoms with van der Waals surface area (Å²) in [6.45, 7) is 2.00. The van der Waals surface area contributed by atoms with Crippen molar-refractivity contribution >= 4 is 11.6 Å². The molecule has 3 N–H and O–H groups in total. The molecule has 0 saturated carbocycles. The molecule has 0 fully saturated rings. The predicted octanol–water partition coefficient (Wildman–Crippen LogP) is 2.73. The molecule has 98 valence electrons. The average Bonchev–Trinajstić information content (AvgIpc) is 2.43. The number of nitrogen functional groups attached to an aromatic ring is 1. The van der Waals surface area contributed by atoms with E-state index in [0.29, 0.717) is 22.7 Å². The van der Waals surface area contributed by atoms with E-state index in [-0.39, 0.29) is 5.91 Å². The van der Waals surface area contributed by atoms with Gasteiger partial charge in [0.15, 0.2) is 5.75 Å². The van der Waals surface area contributed by atoms with Crippen LogP contribution in [0.3, 0.4) is 0 Å². The van der Waals surface area contributed by atoms with Crippen molar-refractivity contribution in [1.82, 2.24) is 5.32 Å². The summed E-state index contributed by atoms with van der Waals surface area (Å²) in [5.74, 6) is 0.991. The summed E-state index contributed by atoms with van der Waals surface area (Å²) in [5, 5.41) is 2.56. The van der Waals surface area contributed by atoms with Gasteiger partial charge in [0.05, 0.1) is 5.69 Å². The van der Waals surface area contributed by atoms with Crippen LogP contribution in [-0.2, 0) is 0 Å². The van der Waals surface area contributed by atoms with Crippen molar-refractivity contribution in [3.05, 3.63) is 53.6 Å². The molecule has 1 amide bonds. The molecule has 0 aromatic heterocycles. The molecule has 0 heterocycles. The highest BCUT2D eigenvalue weighted by Crippen LogP contribution is 2.28. The number of nitrogens with one attached hydrogen (secondary N) is 1. The number of benzene rings is 2. The van der Waals surface area contributed by atoms with E-state index in [4.69, 9.17) is 10.5 Å². The molecule has 0 aliphatic heterocycles. The highest BCUT2D eigenvalue weighted by atomic mass is 16.5. The van der Waals surface area contributed by atoms with Crippen LogP contribution in [0.25, 0.3) is 0 Å². The van der Waals surface area contributed by atoms with Crippen molar-refractivity contribution in [2.45, 2.75) is 6.92 Å². The fourth-order valence-corrected chi connectivity index (χ4v) is 1.64. The van der Waals surface area contributed by atoms with Crippen molar-refractivity contribution in [2.24, 2.45) is 0 Å². The minimum Gasteiger partial charge on any atom is -0.455 e. The molecule has 0 bridgehead atoms. The number of anilines is 1. The van der Waals surface area contributed by atoms with E-state index in [1.165, 1.54) is 0 Å². The second-order valence-electron chi connectivity index (χ2n) is 4.25. The fraction of sp³-hybridized carbons (Fsp3) is 0.133. The Morgan fingerprint density at radius 1 is 1.16 bits per heavy atom. The molecule has 0 radical (unpaired) electrons. The lowest BCUT2D eigenvalue weighted by atomic mass is 10.1. The number of nitrogens with two attached hydrogens (primary N) is 1. The molecule has 0 unspecified atom stereocenters. The van der Waals surface area contributed by atoms with Gasteiger partial charge in [0.25, 0.3) is 5.91 Å². The maximum Gasteiger partial charge on any atom is 0.251 e. The van der Waals surface area contributed by atoms with Crippen molar-refractivity contribution in [1.29, 1.82) is 0 Å². The van der Waals surface area contributed by atoms with Crippen LogP contribution in [0, 0.1) is 6.92 Å². The second-order valence-corrected chi connectivity index (χ2v) is 4.25. The van der Waals surface area contributed by atoms with Crippen molar-refractivity contribution in [3.8, 4) is 11.5 Å². The third-order valence-corrected chi connectivity index (χ3v) is 2.75. The number of hydrogen-bond donors (Lipinski definition) is 2. The van der Waals surface area contributed by atoms with Crippen LogP contribution < -0.4 is 15.8 Å². The van der Waals surface area contributed by atoms with Crippen LogP contribution in [0.4, 0.5) is 5.69 Å². The van der Waals surface area contributed by atoms with Crippen LogP contribution in [0.1, 0.15) is 15.9 Å². The topological polar surface area (TPSA) is 64.4 Å². The first-order chi connectivity index (χ1) is 9.10. The standard InChI is InChI=1S/C15H16N2O2/c1-10-3-6-12(7-4-10)19-14-9-11(15(18)17-2)5-8-13(14)16/h3-9H,16H2,1-2H3,(H,17,18). The van der Waals surface area contributed by atoms with Crippen LogP contribution in [-0.4, -0.2) is 13.0 Å². The largest absolute Gasteiger partial charge is 0.455 e. The molecule has 4 nitrogen and oxygen atoms in total. The zero-order valence-electron chi connectivity index (χ0n) is 10.9. The highest BCUT2D eigenvalue weighted by Gasteiger charge is 2.08. The van der Waals surface area contributed by atoms with Gasteiger partial charge in [-0.2, -0.15) is 0 Å². The van der Waals surface area contributed by atoms with Gasteiger partial charge in [-0.15, -0.1) is 0 Å². The van der Waals surface area contributed by atoms with Crippen LogP contribution in [0.15, 0.2) is 42.5 Å². The Morgan fingerprint density at radius 3 is 2.47 bits per heavy atom. The van der Waals surface area contributed by atoms with Crippen LogP contribution >= 0.6 is 0 Å². The molecule has 0 spiro atoms. The normalized spacial score (nSPS) is 10.0. The number of carbonyl (C=O) groups is 1. The number of rotatable bonds is 3. The van der Waals surface area contributed by atoms with Gasteiger partial charge in [0, 0.05) is 12.6 Å². The van der Waals surface area contributed by atoms with Crippen molar-refractivity contribution in [3.63, 3.8) is 0 Å². The molecule has 0 saturated heterocycles. The number of ether oxygens (including phenoxy) is 1. The van der Waals surface area contributed by atoms with E-state index < -0.39 is 0 Å². The number of hydrogen-bond acceptors (Lipinski definition) is 3. The Hall–Kier alpha value is -2.49. The first-order valence-electron chi connectivity index (χ1n) is 5.96. The number of aryl methyl sites for hydroxylation is 1. The molecule has 2 aromatic carbocycles. The lowest BCUT2D eigenvalue weighted by Gasteiger charge is -2.10. The third-order valence-electron chi connectivity index (χ3n) is 2.75. The van der Waals surface area contributed by atoms with Crippen molar-refractivity contribution in [2.75, 3.05) is 12.8 Å². The fourth-order valence-electron chi connectivity index (χ4n) is 1.64. The minimum atomic E-state index is -0.172. The van der Waals surface area contributed by atoms with E-state index in [2.05, 4.69) is 5.32 Å². The van der Waals surface area contributed by atoms with Gasteiger partial charge < -0.3 is 15.8 Å². The first-order valence-corrected chi connectivity index (χ1v) is 5.96. The smallest absolute Gasteiger partial charge is 0.251 e. The molecule has 0 aliphatic rings.